The molecule has 2 aliphatic rings. The van der Waals surface area contributed by atoms with Crippen molar-refractivity contribution in [2.45, 2.75) is 84.0 Å². The van der Waals surface area contributed by atoms with Crippen LogP contribution in [-0.2, 0) is 0 Å². The molecule has 1 aliphatic carbocycles. The lowest BCUT2D eigenvalue weighted by Crippen LogP contribution is -2.34. The summed E-state index contributed by atoms with van der Waals surface area (Å²) in [7, 11) is 0. The standard InChI is InChI=1S/C31H43N/c1-5-10-26-21-30(29-11-7-6-8-12-29)23-31(22-26)17-9-19-32(20-18-31)25(4)28-15-13-27(14-16-28)24(2)3/h6-8,11-16,24,26,30H,4-5,9-10,17-23H2,1-3H3. The number of rotatable bonds is 6. The van der Waals surface area contributed by atoms with Crippen LogP contribution in [0.25, 0.3) is 5.70 Å². The van der Waals surface area contributed by atoms with Gasteiger partial charge in [0.15, 0.2) is 0 Å². The highest BCUT2D eigenvalue weighted by atomic mass is 15.1. The molecule has 0 radical (unpaired) electrons. The Balaban J connectivity index is 1.48. The number of hydrogen-bond acceptors (Lipinski definition) is 1. The summed E-state index contributed by atoms with van der Waals surface area (Å²) in [6.45, 7) is 13.7. The highest BCUT2D eigenvalue weighted by molar-refractivity contribution is 5.62. The van der Waals surface area contributed by atoms with Crippen molar-refractivity contribution in [1.82, 2.24) is 4.90 Å². The van der Waals surface area contributed by atoms with Gasteiger partial charge in [-0.05, 0) is 78.4 Å². The molecule has 1 saturated carbocycles. The van der Waals surface area contributed by atoms with E-state index in [0.29, 0.717) is 11.3 Å². The predicted octanol–water partition coefficient (Wildman–Crippen LogP) is 8.64. The second kappa shape index (κ2) is 10.3. The van der Waals surface area contributed by atoms with Gasteiger partial charge in [0.25, 0.3) is 0 Å². The summed E-state index contributed by atoms with van der Waals surface area (Å²) in [6.07, 6.45) is 10.9. The number of hydrogen-bond donors (Lipinski definition) is 0. The smallest absolute Gasteiger partial charge is 0.0366 e. The Morgan fingerprint density at radius 2 is 1.75 bits per heavy atom. The topological polar surface area (TPSA) is 3.24 Å². The third-order valence-electron chi connectivity index (χ3n) is 8.33. The fourth-order valence-electron chi connectivity index (χ4n) is 6.57. The highest BCUT2D eigenvalue weighted by Gasteiger charge is 2.41. The van der Waals surface area contributed by atoms with E-state index in [-0.39, 0.29) is 0 Å². The molecule has 2 aromatic carbocycles. The first-order chi connectivity index (χ1) is 15.5. The van der Waals surface area contributed by atoms with E-state index < -0.39 is 0 Å². The summed E-state index contributed by atoms with van der Waals surface area (Å²) < 4.78 is 0. The third-order valence-corrected chi connectivity index (χ3v) is 8.33. The lowest BCUT2D eigenvalue weighted by molar-refractivity contribution is 0.0963. The molecule has 0 amide bonds. The molecule has 32 heavy (non-hydrogen) atoms. The Morgan fingerprint density at radius 1 is 1.00 bits per heavy atom. The van der Waals surface area contributed by atoms with E-state index in [4.69, 9.17) is 0 Å². The van der Waals surface area contributed by atoms with Crippen LogP contribution < -0.4 is 0 Å². The summed E-state index contributed by atoms with van der Waals surface area (Å²) in [5.74, 6) is 2.20. The molecule has 1 heterocycles. The van der Waals surface area contributed by atoms with Gasteiger partial charge in [0.1, 0.15) is 0 Å². The molecule has 4 rings (SSSR count). The van der Waals surface area contributed by atoms with Crippen molar-refractivity contribution < 1.29 is 0 Å². The van der Waals surface area contributed by atoms with Crippen LogP contribution in [-0.4, -0.2) is 18.0 Å². The van der Waals surface area contributed by atoms with Gasteiger partial charge in [-0.25, -0.2) is 0 Å². The molecule has 0 N–H and O–H groups in total. The van der Waals surface area contributed by atoms with Crippen LogP contribution in [0.2, 0.25) is 0 Å². The van der Waals surface area contributed by atoms with Crippen LogP contribution in [0.4, 0.5) is 0 Å². The molecule has 1 saturated heterocycles. The Morgan fingerprint density at radius 3 is 2.44 bits per heavy atom. The van der Waals surface area contributed by atoms with E-state index in [9.17, 15) is 0 Å². The molecule has 3 unspecified atom stereocenters. The van der Waals surface area contributed by atoms with Gasteiger partial charge >= 0.3 is 0 Å². The predicted molar refractivity (Wildman–Crippen MR) is 139 cm³/mol. The molecular formula is C31H43N. The molecule has 0 aromatic heterocycles. The van der Waals surface area contributed by atoms with Gasteiger partial charge in [-0.2, -0.15) is 0 Å². The van der Waals surface area contributed by atoms with Crippen molar-refractivity contribution in [3.05, 3.63) is 77.9 Å². The van der Waals surface area contributed by atoms with E-state index in [1.165, 1.54) is 68.2 Å². The Kier molecular flexibility index (Phi) is 7.44. The van der Waals surface area contributed by atoms with E-state index in [2.05, 4.69) is 86.8 Å². The SMILES string of the molecule is C=C(c1ccc(C(C)C)cc1)N1CCCC2(CC1)CC(CCC)CC(c1ccccc1)C2. The van der Waals surface area contributed by atoms with Crippen molar-refractivity contribution in [1.29, 1.82) is 0 Å². The van der Waals surface area contributed by atoms with Gasteiger partial charge in [-0.3, -0.25) is 0 Å². The first kappa shape index (κ1) is 23.1. The molecule has 1 spiro atoms. The molecule has 1 aliphatic heterocycles. The van der Waals surface area contributed by atoms with Gasteiger partial charge in [0.2, 0.25) is 0 Å². The van der Waals surface area contributed by atoms with Crippen LogP contribution >= 0.6 is 0 Å². The summed E-state index contributed by atoms with van der Waals surface area (Å²) >= 11 is 0. The Hall–Kier alpha value is -2.02. The van der Waals surface area contributed by atoms with Crippen molar-refractivity contribution >= 4 is 5.70 Å². The lowest BCUT2D eigenvalue weighted by atomic mass is 9.60. The van der Waals surface area contributed by atoms with Crippen molar-refractivity contribution in [3.8, 4) is 0 Å². The van der Waals surface area contributed by atoms with Gasteiger partial charge in [0, 0.05) is 18.8 Å². The second-order valence-electron chi connectivity index (χ2n) is 11.0. The van der Waals surface area contributed by atoms with Crippen molar-refractivity contribution in [3.63, 3.8) is 0 Å². The molecule has 0 bridgehead atoms. The molecule has 1 nitrogen and oxygen atoms in total. The summed E-state index contributed by atoms with van der Waals surface area (Å²) in [6, 6.07) is 20.5. The molecule has 2 fully saturated rings. The maximum Gasteiger partial charge on any atom is 0.0366 e. The summed E-state index contributed by atoms with van der Waals surface area (Å²) in [5.41, 5.74) is 6.00. The van der Waals surface area contributed by atoms with Gasteiger partial charge < -0.3 is 4.90 Å². The van der Waals surface area contributed by atoms with Crippen molar-refractivity contribution in [2.24, 2.45) is 11.3 Å². The zero-order valence-corrected chi connectivity index (χ0v) is 20.7. The van der Waals surface area contributed by atoms with Gasteiger partial charge in [0.05, 0.1) is 0 Å². The second-order valence-corrected chi connectivity index (χ2v) is 11.0. The zero-order chi connectivity index (χ0) is 22.6. The monoisotopic (exact) mass is 429 g/mol. The fraction of sp³-hybridized carbons (Fsp3) is 0.548. The Bertz CT molecular complexity index is 865. The fourth-order valence-corrected chi connectivity index (χ4v) is 6.57. The van der Waals surface area contributed by atoms with Gasteiger partial charge in [-0.15, -0.1) is 0 Å². The van der Waals surface area contributed by atoms with Crippen molar-refractivity contribution in [2.75, 3.05) is 13.1 Å². The highest BCUT2D eigenvalue weighted by Crippen LogP contribution is 2.53. The maximum atomic E-state index is 4.53. The average molecular weight is 430 g/mol. The number of nitrogens with zero attached hydrogens (tertiary/aromatic N) is 1. The number of likely N-dealkylation sites (tertiary alicyclic amines) is 1. The molecule has 3 atom stereocenters. The van der Waals surface area contributed by atoms with E-state index in [1.807, 2.05) is 0 Å². The zero-order valence-electron chi connectivity index (χ0n) is 20.7. The van der Waals surface area contributed by atoms with E-state index >= 15 is 0 Å². The molecule has 172 valence electrons. The lowest BCUT2D eigenvalue weighted by Gasteiger charge is -2.45. The normalized spacial score (nSPS) is 26.3. The molecule has 2 aromatic rings. The summed E-state index contributed by atoms with van der Waals surface area (Å²) in [4.78, 5) is 2.58. The summed E-state index contributed by atoms with van der Waals surface area (Å²) in [5, 5.41) is 0. The largest absolute Gasteiger partial charge is 0.372 e. The van der Waals surface area contributed by atoms with Crippen LogP contribution in [0.5, 0.6) is 0 Å². The minimum absolute atomic E-state index is 0.509. The van der Waals surface area contributed by atoms with Crippen LogP contribution in [0.15, 0.2) is 61.2 Å². The van der Waals surface area contributed by atoms with Gasteiger partial charge in [-0.1, -0.05) is 94.8 Å². The maximum absolute atomic E-state index is 4.53. The average Bonchev–Trinajstić information content (AvgIpc) is 3.01. The van der Waals surface area contributed by atoms with Crippen LogP contribution in [0, 0.1) is 11.3 Å². The molecule has 1 heteroatoms. The minimum Gasteiger partial charge on any atom is -0.372 e. The first-order valence-electron chi connectivity index (χ1n) is 13.1. The number of benzene rings is 2. The van der Waals surface area contributed by atoms with Crippen LogP contribution in [0.1, 0.15) is 101 Å². The Labute approximate surface area is 196 Å². The molecular weight excluding hydrogens is 386 g/mol. The minimum atomic E-state index is 0.509. The van der Waals surface area contributed by atoms with Crippen LogP contribution in [0.3, 0.4) is 0 Å². The van der Waals surface area contributed by atoms with E-state index in [1.54, 1.807) is 5.56 Å². The quantitative estimate of drug-likeness (QED) is 0.444. The van der Waals surface area contributed by atoms with E-state index in [0.717, 1.165) is 24.9 Å². The third kappa shape index (κ3) is 5.30. The first-order valence-corrected chi connectivity index (χ1v) is 13.1.